The minimum absolute atomic E-state index is 0.240. The molecule has 0 bridgehead atoms. The predicted molar refractivity (Wildman–Crippen MR) is 135 cm³/mol. The molecule has 0 unspecified atom stereocenters. The molecule has 1 amide bonds. The predicted octanol–water partition coefficient (Wildman–Crippen LogP) is 4.64. The highest BCUT2D eigenvalue weighted by molar-refractivity contribution is 6.04. The van der Waals surface area contributed by atoms with Gasteiger partial charge in [-0.05, 0) is 44.9 Å². The first-order valence-corrected chi connectivity index (χ1v) is 12.4. The summed E-state index contributed by atoms with van der Waals surface area (Å²) in [6.45, 7) is 7.77. The van der Waals surface area contributed by atoms with Gasteiger partial charge in [0.05, 0.1) is 49.2 Å². The molecule has 2 aliphatic rings. The van der Waals surface area contributed by atoms with Crippen LogP contribution < -0.4 is 19.7 Å². The van der Waals surface area contributed by atoms with Crippen molar-refractivity contribution in [2.75, 3.05) is 49.7 Å². The molecule has 1 saturated carbocycles. The van der Waals surface area contributed by atoms with Crippen molar-refractivity contribution in [3.63, 3.8) is 0 Å². The van der Waals surface area contributed by atoms with Gasteiger partial charge < -0.3 is 24.4 Å². The molecule has 0 atom stereocenters. The third kappa shape index (κ3) is 5.12. The molecule has 0 radical (unpaired) electrons. The first kappa shape index (κ1) is 23.2. The lowest BCUT2D eigenvalue weighted by atomic mass is 10.2. The first-order chi connectivity index (χ1) is 17.2. The Morgan fingerprint density at radius 1 is 1.03 bits per heavy atom. The van der Waals surface area contributed by atoms with E-state index < -0.39 is 0 Å². The van der Waals surface area contributed by atoms with Gasteiger partial charge in [0.1, 0.15) is 17.2 Å². The van der Waals surface area contributed by atoms with E-state index >= 15 is 0 Å². The summed E-state index contributed by atoms with van der Waals surface area (Å²) in [5.41, 5.74) is 3.83. The number of hydrogen-bond donors (Lipinski definition) is 1. The van der Waals surface area contributed by atoms with E-state index in [0.717, 1.165) is 43.0 Å². The van der Waals surface area contributed by atoms with Crippen molar-refractivity contribution < 1.29 is 19.0 Å². The highest BCUT2D eigenvalue weighted by Gasteiger charge is 2.29. The number of rotatable bonds is 9. The zero-order valence-electron chi connectivity index (χ0n) is 20.3. The third-order valence-corrected chi connectivity index (χ3v) is 6.22. The molecule has 2 heterocycles. The van der Waals surface area contributed by atoms with Crippen LogP contribution in [0.5, 0.6) is 11.5 Å². The number of nitrogens with zero attached hydrogens (tertiary/aromatic N) is 3. The minimum atomic E-state index is -0.240. The van der Waals surface area contributed by atoms with Crippen LogP contribution in [0.4, 0.5) is 11.4 Å². The summed E-state index contributed by atoms with van der Waals surface area (Å²) >= 11 is 0. The monoisotopic (exact) mass is 476 g/mol. The molecule has 1 saturated heterocycles. The van der Waals surface area contributed by atoms with E-state index in [0.29, 0.717) is 55.2 Å². The van der Waals surface area contributed by atoms with E-state index in [1.807, 2.05) is 62.4 Å². The second kappa shape index (κ2) is 10.4. The molecule has 35 heavy (non-hydrogen) atoms. The van der Waals surface area contributed by atoms with Crippen LogP contribution >= 0.6 is 0 Å². The zero-order valence-corrected chi connectivity index (χ0v) is 20.3. The average molecular weight is 477 g/mol. The molecule has 8 nitrogen and oxygen atoms in total. The van der Waals surface area contributed by atoms with Gasteiger partial charge in [-0.2, -0.15) is 5.10 Å². The molecular formula is C27H32N4O4. The summed E-state index contributed by atoms with van der Waals surface area (Å²) in [5, 5.41) is 7.84. The summed E-state index contributed by atoms with van der Waals surface area (Å²) < 4.78 is 19.2. The second-order valence-electron chi connectivity index (χ2n) is 8.71. The van der Waals surface area contributed by atoms with Crippen LogP contribution in [0.3, 0.4) is 0 Å². The maximum atomic E-state index is 13.6. The highest BCUT2D eigenvalue weighted by Crippen LogP contribution is 2.41. The summed E-state index contributed by atoms with van der Waals surface area (Å²) in [7, 11) is 0. The smallest absolute Gasteiger partial charge is 0.274 e. The van der Waals surface area contributed by atoms with E-state index in [1.165, 1.54) is 0 Å². The third-order valence-electron chi connectivity index (χ3n) is 6.22. The van der Waals surface area contributed by atoms with Gasteiger partial charge in [-0.25, -0.2) is 4.68 Å². The number of benzene rings is 2. The SMILES string of the molecule is CCOc1cc(N2CCOCC2)c(OCC)cc1NC(=O)c1cc(C2CC2)nn1-c1ccccc1. The zero-order chi connectivity index (χ0) is 24.2. The Morgan fingerprint density at radius 3 is 2.43 bits per heavy atom. The maximum Gasteiger partial charge on any atom is 0.274 e. The molecule has 1 N–H and O–H groups in total. The summed E-state index contributed by atoms with van der Waals surface area (Å²) in [6.07, 6.45) is 2.23. The van der Waals surface area contributed by atoms with Crippen LogP contribution in [0.15, 0.2) is 48.5 Å². The quantitative estimate of drug-likeness (QED) is 0.485. The topological polar surface area (TPSA) is 77.8 Å². The number of nitrogens with one attached hydrogen (secondary N) is 1. The largest absolute Gasteiger partial charge is 0.492 e. The molecule has 8 heteroatoms. The standard InChI is InChI=1S/C27H32N4O4/c1-3-34-25-18-23(30-12-14-33-15-13-30)26(35-4-2)17-22(25)28-27(32)24-16-21(19-10-11-19)29-31(24)20-8-6-5-7-9-20/h5-9,16-19H,3-4,10-15H2,1-2H3,(H,28,32). The fraction of sp³-hybridized carbons (Fsp3) is 0.407. The van der Waals surface area contributed by atoms with E-state index in [9.17, 15) is 4.79 Å². The van der Waals surface area contributed by atoms with Crippen molar-refractivity contribution in [1.82, 2.24) is 9.78 Å². The Balaban J connectivity index is 1.49. The Bertz CT molecular complexity index is 1170. The van der Waals surface area contributed by atoms with Gasteiger partial charge in [0.15, 0.2) is 0 Å². The summed E-state index contributed by atoms with van der Waals surface area (Å²) in [6, 6.07) is 15.5. The number of carbonyl (C=O) groups excluding carboxylic acids is 1. The van der Waals surface area contributed by atoms with E-state index in [1.54, 1.807) is 4.68 Å². The molecule has 3 aromatic rings. The Hall–Kier alpha value is -3.52. The van der Waals surface area contributed by atoms with Crippen molar-refractivity contribution in [2.45, 2.75) is 32.6 Å². The lowest BCUT2D eigenvalue weighted by Gasteiger charge is -2.31. The molecule has 2 fully saturated rings. The molecule has 1 aliphatic heterocycles. The number of ether oxygens (including phenoxy) is 3. The van der Waals surface area contributed by atoms with E-state index in [-0.39, 0.29) is 5.91 Å². The van der Waals surface area contributed by atoms with Crippen molar-refractivity contribution in [2.24, 2.45) is 0 Å². The maximum absolute atomic E-state index is 13.6. The fourth-order valence-corrected chi connectivity index (χ4v) is 4.34. The van der Waals surface area contributed by atoms with Crippen LogP contribution in [0.25, 0.3) is 5.69 Å². The Labute approximate surface area is 205 Å². The van der Waals surface area contributed by atoms with Crippen LogP contribution in [-0.2, 0) is 4.74 Å². The van der Waals surface area contributed by atoms with Crippen LogP contribution in [0.1, 0.15) is 48.8 Å². The number of aromatic nitrogens is 2. The number of amides is 1. The summed E-state index contributed by atoms with van der Waals surface area (Å²) in [5.74, 6) is 1.51. The van der Waals surface area contributed by atoms with Crippen molar-refractivity contribution in [3.05, 3.63) is 59.9 Å². The Morgan fingerprint density at radius 2 is 1.74 bits per heavy atom. The van der Waals surface area contributed by atoms with Crippen LogP contribution in [0.2, 0.25) is 0 Å². The highest BCUT2D eigenvalue weighted by atomic mass is 16.5. The Kier molecular flexibility index (Phi) is 6.90. The van der Waals surface area contributed by atoms with Crippen LogP contribution in [-0.4, -0.2) is 55.2 Å². The molecule has 0 spiro atoms. The lowest BCUT2D eigenvalue weighted by molar-refractivity contribution is 0.101. The average Bonchev–Trinajstić information content (AvgIpc) is 3.64. The fourth-order valence-electron chi connectivity index (χ4n) is 4.34. The van der Waals surface area contributed by atoms with Crippen LogP contribution in [0, 0.1) is 0 Å². The molecule has 5 rings (SSSR count). The van der Waals surface area contributed by atoms with E-state index in [2.05, 4.69) is 10.2 Å². The molecule has 1 aromatic heterocycles. The number of para-hydroxylation sites is 1. The van der Waals surface area contributed by atoms with Gasteiger partial charge in [-0.1, -0.05) is 18.2 Å². The summed E-state index contributed by atoms with van der Waals surface area (Å²) in [4.78, 5) is 15.8. The van der Waals surface area contributed by atoms with Gasteiger partial charge in [-0.15, -0.1) is 0 Å². The second-order valence-corrected chi connectivity index (χ2v) is 8.71. The molecule has 1 aliphatic carbocycles. The number of carbonyl (C=O) groups is 1. The van der Waals surface area contributed by atoms with Gasteiger partial charge in [-0.3, -0.25) is 4.79 Å². The van der Waals surface area contributed by atoms with Crippen molar-refractivity contribution in [3.8, 4) is 17.2 Å². The molecular weight excluding hydrogens is 444 g/mol. The minimum Gasteiger partial charge on any atom is -0.492 e. The number of anilines is 2. The lowest BCUT2D eigenvalue weighted by Crippen LogP contribution is -2.36. The first-order valence-electron chi connectivity index (χ1n) is 12.4. The van der Waals surface area contributed by atoms with Gasteiger partial charge in [0.25, 0.3) is 5.91 Å². The van der Waals surface area contributed by atoms with Gasteiger partial charge in [0.2, 0.25) is 0 Å². The van der Waals surface area contributed by atoms with Crippen molar-refractivity contribution >= 4 is 17.3 Å². The molecule has 2 aromatic carbocycles. The number of hydrogen-bond acceptors (Lipinski definition) is 6. The number of morpholine rings is 1. The van der Waals surface area contributed by atoms with Gasteiger partial charge in [0, 0.05) is 31.1 Å². The van der Waals surface area contributed by atoms with Gasteiger partial charge >= 0.3 is 0 Å². The van der Waals surface area contributed by atoms with E-state index in [4.69, 9.17) is 19.3 Å². The normalized spacial score (nSPS) is 15.7. The van der Waals surface area contributed by atoms with Crippen molar-refractivity contribution in [1.29, 1.82) is 0 Å². The molecule has 184 valence electrons.